The third-order valence-electron chi connectivity index (χ3n) is 4.91. The highest BCUT2D eigenvalue weighted by atomic mass is 16.5. The summed E-state index contributed by atoms with van der Waals surface area (Å²) in [4.78, 5) is 0. The molecule has 0 heterocycles. The molecule has 1 nitrogen and oxygen atoms in total. The number of ether oxygens (including phenoxy) is 1. The highest BCUT2D eigenvalue weighted by Crippen LogP contribution is 2.41. The van der Waals surface area contributed by atoms with E-state index in [1.807, 2.05) is 0 Å². The van der Waals surface area contributed by atoms with Crippen LogP contribution >= 0.6 is 0 Å². The van der Waals surface area contributed by atoms with Gasteiger partial charge < -0.3 is 4.74 Å². The first kappa shape index (κ1) is 18.6. The van der Waals surface area contributed by atoms with Gasteiger partial charge in [-0.3, -0.25) is 0 Å². The molecule has 0 aromatic heterocycles. The molecular weight excluding hydrogens is 292 g/mol. The van der Waals surface area contributed by atoms with Gasteiger partial charge in [0, 0.05) is 0 Å². The van der Waals surface area contributed by atoms with Crippen molar-refractivity contribution in [3.63, 3.8) is 0 Å². The predicted octanol–water partition coefficient (Wildman–Crippen LogP) is 7.04. The Balaban J connectivity index is 2.82. The van der Waals surface area contributed by atoms with E-state index in [0.29, 0.717) is 17.8 Å². The Hall–Kier alpha value is -1.76. The van der Waals surface area contributed by atoms with Crippen LogP contribution in [-0.2, 0) is 0 Å². The number of hydrogen-bond donors (Lipinski definition) is 0. The summed E-state index contributed by atoms with van der Waals surface area (Å²) in [5.41, 5.74) is 8.61. The van der Waals surface area contributed by atoms with Gasteiger partial charge in [-0.1, -0.05) is 59.7 Å². The lowest BCUT2D eigenvalue weighted by atomic mass is 9.78. The van der Waals surface area contributed by atoms with Crippen LogP contribution in [0.5, 0.6) is 5.75 Å². The van der Waals surface area contributed by atoms with Crippen molar-refractivity contribution in [2.45, 2.75) is 66.2 Å². The third kappa shape index (κ3) is 3.50. The van der Waals surface area contributed by atoms with Gasteiger partial charge in [-0.15, -0.1) is 0 Å². The number of rotatable bonds is 5. The molecule has 0 unspecified atom stereocenters. The Morgan fingerprint density at radius 1 is 0.750 bits per heavy atom. The fourth-order valence-corrected chi connectivity index (χ4v) is 3.70. The molecule has 0 saturated carbocycles. The zero-order valence-electron chi connectivity index (χ0n) is 16.5. The molecule has 2 aromatic rings. The smallest absolute Gasteiger partial charge is 0.118 e. The highest BCUT2D eigenvalue weighted by Gasteiger charge is 2.21. The average molecular weight is 325 g/mol. The lowest BCUT2D eigenvalue weighted by Gasteiger charge is -2.26. The molecule has 0 atom stereocenters. The molecule has 130 valence electrons. The predicted molar refractivity (Wildman–Crippen MR) is 105 cm³/mol. The van der Waals surface area contributed by atoms with Crippen LogP contribution in [0.1, 0.15) is 81.5 Å². The molecule has 2 aromatic carbocycles. The van der Waals surface area contributed by atoms with Gasteiger partial charge in [0.05, 0.1) is 7.11 Å². The van der Waals surface area contributed by atoms with Crippen LogP contribution in [0.4, 0.5) is 0 Å². The molecule has 0 radical (unpaired) electrons. The molecule has 0 aliphatic heterocycles. The first-order valence-electron chi connectivity index (χ1n) is 9.09. The Bertz CT molecular complexity index is 691. The van der Waals surface area contributed by atoms with E-state index >= 15 is 0 Å². The van der Waals surface area contributed by atoms with Crippen LogP contribution in [0.25, 0.3) is 11.1 Å². The van der Waals surface area contributed by atoms with Crippen molar-refractivity contribution in [1.29, 1.82) is 0 Å². The maximum atomic E-state index is 5.33. The van der Waals surface area contributed by atoms with Gasteiger partial charge in [0.2, 0.25) is 0 Å². The molecule has 0 bridgehead atoms. The fourth-order valence-electron chi connectivity index (χ4n) is 3.70. The second kappa shape index (κ2) is 7.42. The number of methoxy groups -OCH3 is 1. The quantitative estimate of drug-likeness (QED) is 0.573. The van der Waals surface area contributed by atoms with Gasteiger partial charge in [0.25, 0.3) is 0 Å². The maximum absolute atomic E-state index is 5.33. The van der Waals surface area contributed by atoms with Crippen LogP contribution < -0.4 is 4.74 Å². The molecule has 0 fully saturated rings. The van der Waals surface area contributed by atoms with Gasteiger partial charge in [0.15, 0.2) is 0 Å². The SMILES string of the molecule is COc1ccc(-c2c(C(C)C)cc(C(C)C)c(C)c2C(C)C)cc1. The van der Waals surface area contributed by atoms with Crippen molar-refractivity contribution >= 4 is 0 Å². The van der Waals surface area contributed by atoms with Crippen LogP contribution in [0.2, 0.25) is 0 Å². The van der Waals surface area contributed by atoms with Crippen molar-refractivity contribution in [3.8, 4) is 16.9 Å². The summed E-state index contributed by atoms with van der Waals surface area (Å²) in [6.45, 7) is 16.1. The van der Waals surface area contributed by atoms with Crippen LogP contribution in [-0.4, -0.2) is 7.11 Å². The van der Waals surface area contributed by atoms with Gasteiger partial charge >= 0.3 is 0 Å². The van der Waals surface area contributed by atoms with Gasteiger partial charge in [-0.25, -0.2) is 0 Å². The van der Waals surface area contributed by atoms with Crippen LogP contribution in [0.3, 0.4) is 0 Å². The summed E-state index contributed by atoms with van der Waals surface area (Å²) < 4.78 is 5.33. The van der Waals surface area contributed by atoms with E-state index in [9.17, 15) is 0 Å². The molecule has 0 aliphatic carbocycles. The molecule has 1 heteroatoms. The maximum Gasteiger partial charge on any atom is 0.118 e. The fraction of sp³-hybridized carbons (Fsp3) is 0.478. The van der Waals surface area contributed by atoms with E-state index in [2.05, 4.69) is 78.8 Å². The first-order chi connectivity index (χ1) is 11.3. The molecular formula is C23H32O. The normalized spacial score (nSPS) is 11.6. The Morgan fingerprint density at radius 3 is 1.71 bits per heavy atom. The summed E-state index contributed by atoms with van der Waals surface area (Å²) in [6.07, 6.45) is 0. The summed E-state index contributed by atoms with van der Waals surface area (Å²) in [6, 6.07) is 11.0. The topological polar surface area (TPSA) is 9.23 Å². The van der Waals surface area contributed by atoms with Crippen molar-refractivity contribution in [3.05, 3.63) is 52.6 Å². The number of hydrogen-bond acceptors (Lipinski definition) is 1. The van der Waals surface area contributed by atoms with Gasteiger partial charge in [0.1, 0.15) is 5.75 Å². The lowest BCUT2D eigenvalue weighted by Crippen LogP contribution is -2.07. The van der Waals surface area contributed by atoms with E-state index in [1.165, 1.54) is 33.4 Å². The third-order valence-corrected chi connectivity index (χ3v) is 4.91. The summed E-state index contributed by atoms with van der Waals surface area (Å²) in [5, 5.41) is 0. The minimum atomic E-state index is 0.498. The van der Waals surface area contributed by atoms with Crippen LogP contribution in [0, 0.1) is 6.92 Å². The lowest BCUT2D eigenvalue weighted by molar-refractivity contribution is 0.415. The molecule has 0 amide bonds. The molecule has 0 N–H and O–H groups in total. The molecule has 0 spiro atoms. The molecule has 24 heavy (non-hydrogen) atoms. The minimum absolute atomic E-state index is 0.498. The van der Waals surface area contributed by atoms with E-state index < -0.39 is 0 Å². The van der Waals surface area contributed by atoms with E-state index in [1.54, 1.807) is 7.11 Å². The zero-order valence-corrected chi connectivity index (χ0v) is 16.5. The minimum Gasteiger partial charge on any atom is -0.497 e. The monoisotopic (exact) mass is 324 g/mol. The standard InChI is InChI=1S/C23H32O/c1-14(2)20-13-21(15(3)4)23(22(16(5)6)17(20)7)18-9-11-19(24-8)12-10-18/h9-16H,1-8H3. The highest BCUT2D eigenvalue weighted by molar-refractivity contribution is 5.75. The van der Waals surface area contributed by atoms with Gasteiger partial charge in [-0.2, -0.15) is 0 Å². The van der Waals surface area contributed by atoms with E-state index in [4.69, 9.17) is 4.74 Å². The van der Waals surface area contributed by atoms with Crippen molar-refractivity contribution < 1.29 is 4.74 Å². The van der Waals surface area contributed by atoms with Crippen molar-refractivity contribution in [2.75, 3.05) is 7.11 Å². The van der Waals surface area contributed by atoms with Crippen molar-refractivity contribution in [2.24, 2.45) is 0 Å². The Kier molecular flexibility index (Phi) is 5.74. The van der Waals surface area contributed by atoms with Crippen LogP contribution in [0.15, 0.2) is 30.3 Å². The van der Waals surface area contributed by atoms with E-state index in [-0.39, 0.29) is 0 Å². The second-order valence-corrected chi connectivity index (χ2v) is 7.66. The first-order valence-corrected chi connectivity index (χ1v) is 9.09. The number of benzene rings is 2. The summed E-state index contributed by atoms with van der Waals surface area (Å²) in [7, 11) is 1.72. The van der Waals surface area contributed by atoms with Crippen molar-refractivity contribution in [1.82, 2.24) is 0 Å². The Labute approximate surface area is 148 Å². The summed E-state index contributed by atoms with van der Waals surface area (Å²) >= 11 is 0. The van der Waals surface area contributed by atoms with E-state index in [0.717, 1.165) is 5.75 Å². The summed E-state index contributed by atoms with van der Waals surface area (Å²) in [5.74, 6) is 2.45. The largest absolute Gasteiger partial charge is 0.497 e. The zero-order chi connectivity index (χ0) is 18.0. The molecule has 0 aliphatic rings. The Morgan fingerprint density at radius 2 is 1.29 bits per heavy atom. The molecule has 0 saturated heterocycles. The van der Waals surface area contributed by atoms with Gasteiger partial charge in [-0.05, 0) is 70.2 Å². The second-order valence-electron chi connectivity index (χ2n) is 7.66. The average Bonchev–Trinajstić information content (AvgIpc) is 2.53. The molecule has 2 rings (SSSR count).